The molecule has 9 nitrogen and oxygen atoms in total. The van der Waals surface area contributed by atoms with E-state index in [-0.39, 0.29) is 30.7 Å². The summed E-state index contributed by atoms with van der Waals surface area (Å²) in [7, 11) is 0. The zero-order valence-corrected chi connectivity index (χ0v) is 14.5. The fraction of sp³-hybridized carbons (Fsp3) is 0.235. The average molecular weight is 353 g/mol. The fourth-order valence-electron chi connectivity index (χ4n) is 2.61. The van der Waals surface area contributed by atoms with Gasteiger partial charge in [-0.2, -0.15) is 20.1 Å². The molecule has 1 aromatic carbocycles. The van der Waals surface area contributed by atoms with E-state index in [1.165, 1.54) is 0 Å². The Labute approximate surface area is 150 Å². The zero-order valence-electron chi connectivity index (χ0n) is 14.5. The van der Waals surface area contributed by atoms with Crippen molar-refractivity contribution >= 4 is 17.9 Å². The van der Waals surface area contributed by atoms with Crippen molar-refractivity contribution < 1.29 is 9.53 Å². The largest absolute Gasteiger partial charge is 0.457 e. The zero-order chi connectivity index (χ0) is 18.7. The van der Waals surface area contributed by atoms with Crippen LogP contribution in [0.4, 0.5) is 11.9 Å². The second kappa shape index (κ2) is 7.18. The smallest absolute Gasteiger partial charge is 0.310 e. The maximum atomic E-state index is 12.2. The molecule has 3 aromatic rings. The van der Waals surface area contributed by atoms with Crippen molar-refractivity contribution in [3.63, 3.8) is 0 Å². The number of nitrogen functional groups attached to an aromatic ring is 2. The molecule has 0 unspecified atom stereocenters. The lowest BCUT2D eigenvalue weighted by Gasteiger charge is -2.06. The van der Waals surface area contributed by atoms with Crippen molar-refractivity contribution in [2.45, 2.75) is 26.9 Å². The van der Waals surface area contributed by atoms with Crippen LogP contribution < -0.4 is 11.5 Å². The minimum atomic E-state index is -0.415. The van der Waals surface area contributed by atoms with Gasteiger partial charge in [0, 0.05) is 11.3 Å². The van der Waals surface area contributed by atoms with E-state index in [4.69, 9.17) is 16.2 Å². The van der Waals surface area contributed by atoms with Gasteiger partial charge in [0.25, 0.3) is 0 Å². The molecule has 2 aromatic heterocycles. The molecule has 9 heteroatoms. The lowest BCUT2D eigenvalue weighted by molar-refractivity contribution is -0.144. The summed E-state index contributed by atoms with van der Waals surface area (Å²) in [4.78, 5) is 23.6. The second-order valence-electron chi connectivity index (χ2n) is 5.70. The van der Waals surface area contributed by atoms with Crippen molar-refractivity contribution in [1.82, 2.24) is 24.7 Å². The molecule has 0 fully saturated rings. The molecule has 0 spiro atoms. The van der Waals surface area contributed by atoms with Crippen LogP contribution in [0.15, 0.2) is 30.3 Å². The summed E-state index contributed by atoms with van der Waals surface area (Å²) < 4.78 is 7.04. The van der Waals surface area contributed by atoms with Crippen LogP contribution in [0, 0.1) is 13.8 Å². The third-order valence-electron chi connectivity index (χ3n) is 3.84. The number of nitrogens with two attached hydrogens (primary N) is 2. The van der Waals surface area contributed by atoms with E-state index in [2.05, 4.69) is 20.1 Å². The van der Waals surface area contributed by atoms with Crippen LogP contribution in [0.5, 0.6) is 0 Å². The monoisotopic (exact) mass is 353 g/mol. The Bertz CT molecular complexity index is 918. The maximum Gasteiger partial charge on any atom is 0.310 e. The summed E-state index contributed by atoms with van der Waals surface area (Å²) >= 11 is 0. The van der Waals surface area contributed by atoms with Crippen LogP contribution in [0.1, 0.15) is 22.8 Å². The van der Waals surface area contributed by atoms with Crippen LogP contribution in [0.2, 0.25) is 0 Å². The minimum Gasteiger partial charge on any atom is -0.457 e. The highest BCUT2D eigenvalue weighted by Gasteiger charge is 2.17. The Morgan fingerprint density at radius 3 is 2.38 bits per heavy atom. The Balaban J connectivity index is 1.71. The van der Waals surface area contributed by atoms with Gasteiger partial charge in [0.05, 0.1) is 17.8 Å². The molecule has 0 saturated carbocycles. The molecule has 134 valence electrons. The first kappa shape index (κ1) is 17.3. The highest BCUT2D eigenvalue weighted by Crippen LogP contribution is 2.18. The molecular weight excluding hydrogens is 334 g/mol. The highest BCUT2D eigenvalue weighted by atomic mass is 16.5. The summed E-state index contributed by atoms with van der Waals surface area (Å²) in [6.07, 6.45) is 0.0978. The van der Waals surface area contributed by atoms with Gasteiger partial charge in [-0.3, -0.25) is 4.79 Å². The Kier molecular flexibility index (Phi) is 4.78. The molecule has 0 bridgehead atoms. The standard InChI is InChI=1S/C17H19N7O2/c1-10-13(11(2)24(23-10)12-6-4-3-5-7-12)8-15(25)26-9-14-20-16(18)22-17(19)21-14/h3-7H,8-9H2,1-2H3,(H4,18,19,20,21,22). The van der Waals surface area contributed by atoms with Crippen LogP contribution in [-0.4, -0.2) is 30.7 Å². The van der Waals surface area contributed by atoms with Crippen molar-refractivity contribution in [3.8, 4) is 5.69 Å². The number of rotatable bonds is 5. The predicted octanol–water partition coefficient (Wildman–Crippen LogP) is 1.12. The van der Waals surface area contributed by atoms with Crippen LogP contribution in [0.3, 0.4) is 0 Å². The molecule has 0 aliphatic rings. The van der Waals surface area contributed by atoms with Crippen molar-refractivity contribution in [2.24, 2.45) is 0 Å². The molecule has 2 heterocycles. The number of carbonyl (C=O) groups excluding carboxylic acids is 1. The van der Waals surface area contributed by atoms with Gasteiger partial charge >= 0.3 is 5.97 Å². The molecule has 0 saturated heterocycles. The SMILES string of the molecule is Cc1nn(-c2ccccc2)c(C)c1CC(=O)OCc1nc(N)nc(N)n1. The number of aromatic nitrogens is 5. The fourth-order valence-corrected chi connectivity index (χ4v) is 2.61. The predicted molar refractivity (Wildman–Crippen MR) is 95.2 cm³/mol. The van der Waals surface area contributed by atoms with Gasteiger partial charge in [0.1, 0.15) is 0 Å². The first-order valence-corrected chi connectivity index (χ1v) is 7.96. The van der Waals surface area contributed by atoms with Crippen molar-refractivity contribution in [3.05, 3.63) is 53.1 Å². The van der Waals surface area contributed by atoms with Gasteiger partial charge in [0.15, 0.2) is 12.4 Å². The van der Waals surface area contributed by atoms with E-state index < -0.39 is 5.97 Å². The first-order valence-electron chi connectivity index (χ1n) is 7.96. The third-order valence-corrected chi connectivity index (χ3v) is 3.84. The molecule has 0 aliphatic heterocycles. The number of para-hydroxylation sites is 1. The quantitative estimate of drug-likeness (QED) is 0.652. The normalized spacial score (nSPS) is 10.7. The van der Waals surface area contributed by atoms with E-state index in [1.807, 2.05) is 48.9 Å². The third kappa shape index (κ3) is 3.77. The van der Waals surface area contributed by atoms with E-state index >= 15 is 0 Å². The van der Waals surface area contributed by atoms with Crippen molar-refractivity contribution in [2.75, 3.05) is 11.5 Å². The minimum absolute atomic E-state index is 0.0145. The lowest BCUT2D eigenvalue weighted by atomic mass is 10.1. The van der Waals surface area contributed by atoms with E-state index in [0.29, 0.717) is 0 Å². The van der Waals surface area contributed by atoms with E-state index in [0.717, 1.165) is 22.6 Å². The molecule has 0 aliphatic carbocycles. The number of anilines is 2. The van der Waals surface area contributed by atoms with E-state index in [1.54, 1.807) is 0 Å². The number of carbonyl (C=O) groups is 1. The van der Waals surface area contributed by atoms with Crippen LogP contribution in [0.25, 0.3) is 5.69 Å². The van der Waals surface area contributed by atoms with Gasteiger partial charge in [-0.15, -0.1) is 0 Å². The molecule has 26 heavy (non-hydrogen) atoms. The van der Waals surface area contributed by atoms with Gasteiger partial charge in [-0.1, -0.05) is 18.2 Å². The Morgan fingerprint density at radius 2 is 1.73 bits per heavy atom. The van der Waals surface area contributed by atoms with E-state index in [9.17, 15) is 4.79 Å². The molecule has 0 atom stereocenters. The number of hydrogen-bond donors (Lipinski definition) is 2. The van der Waals surface area contributed by atoms with Crippen molar-refractivity contribution in [1.29, 1.82) is 0 Å². The van der Waals surface area contributed by atoms with Gasteiger partial charge in [0.2, 0.25) is 11.9 Å². The molecule has 4 N–H and O–H groups in total. The summed E-state index contributed by atoms with van der Waals surface area (Å²) in [6, 6.07) is 9.72. The first-order chi connectivity index (χ1) is 12.4. The summed E-state index contributed by atoms with van der Waals surface area (Å²) in [5.41, 5.74) is 14.4. The molecular formula is C17H19N7O2. The topological polar surface area (TPSA) is 135 Å². The summed E-state index contributed by atoms with van der Waals surface area (Å²) in [6.45, 7) is 3.66. The van der Waals surface area contributed by atoms with Gasteiger partial charge in [-0.05, 0) is 26.0 Å². The Hall–Kier alpha value is -3.49. The number of aryl methyl sites for hydroxylation is 1. The second-order valence-corrected chi connectivity index (χ2v) is 5.70. The number of benzene rings is 1. The Morgan fingerprint density at radius 1 is 1.08 bits per heavy atom. The number of hydrogen-bond acceptors (Lipinski definition) is 8. The molecule has 0 amide bonds. The maximum absolute atomic E-state index is 12.2. The number of nitrogens with zero attached hydrogens (tertiary/aromatic N) is 5. The lowest BCUT2D eigenvalue weighted by Crippen LogP contribution is -2.13. The van der Waals surface area contributed by atoms with Crippen LogP contribution >= 0.6 is 0 Å². The van der Waals surface area contributed by atoms with Gasteiger partial charge < -0.3 is 16.2 Å². The molecule has 0 radical (unpaired) electrons. The highest BCUT2D eigenvalue weighted by molar-refractivity contribution is 5.73. The summed E-state index contributed by atoms with van der Waals surface area (Å²) in [5.74, 6) is -0.239. The van der Waals surface area contributed by atoms with Gasteiger partial charge in [-0.25, -0.2) is 4.68 Å². The number of ether oxygens (including phenoxy) is 1. The average Bonchev–Trinajstić information content (AvgIpc) is 2.88. The number of esters is 1. The molecule has 3 rings (SSSR count). The summed E-state index contributed by atoms with van der Waals surface area (Å²) in [5, 5.41) is 4.52. The van der Waals surface area contributed by atoms with Crippen LogP contribution in [-0.2, 0) is 22.6 Å².